The van der Waals surface area contributed by atoms with Gasteiger partial charge >= 0.3 is 6.08 Å². The minimum Gasteiger partial charge on any atom is -0.493 e. The van der Waals surface area contributed by atoms with Crippen LogP contribution in [0.15, 0.2) is 34.7 Å². The number of benzene rings is 1. The Balaban J connectivity index is 1.19. The number of nitrogens with zero attached hydrogens (tertiary/aromatic N) is 4. The summed E-state index contributed by atoms with van der Waals surface area (Å²) in [5.74, 6) is 2.43. The fourth-order valence-electron chi connectivity index (χ4n) is 3.65. The molecule has 0 N–H and O–H groups in total. The molecular weight excluding hydrogens is 392 g/mol. The van der Waals surface area contributed by atoms with E-state index in [0.29, 0.717) is 30.0 Å². The molecule has 1 fully saturated rings. The SMILES string of the molecule is CCOc1nc2ccc(OCCCC3CCN(c4ccc(Cl)nn4)CC3)cc2o1. The van der Waals surface area contributed by atoms with Gasteiger partial charge in [0.2, 0.25) is 0 Å². The van der Waals surface area contributed by atoms with E-state index in [4.69, 9.17) is 25.5 Å². The van der Waals surface area contributed by atoms with Crippen LogP contribution in [-0.4, -0.2) is 41.5 Å². The Labute approximate surface area is 175 Å². The van der Waals surface area contributed by atoms with E-state index in [1.165, 1.54) is 6.42 Å². The van der Waals surface area contributed by atoms with Crippen LogP contribution in [0.2, 0.25) is 5.15 Å². The van der Waals surface area contributed by atoms with Crippen molar-refractivity contribution in [3.8, 4) is 11.8 Å². The van der Waals surface area contributed by atoms with Gasteiger partial charge in [0.15, 0.2) is 16.6 Å². The third kappa shape index (κ3) is 5.09. The fraction of sp³-hybridized carbons (Fsp3) is 0.476. The van der Waals surface area contributed by atoms with E-state index in [2.05, 4.69) is 20.1 Å². The Morgan fingerprint density at radius 2 is 2.00 bits per heavy atom. The molecule has 1 aromatic carbocycles. The number of oxazole rings is 1. The van der Waals surface area contributed by atoms with E-state index in [1.54, 1.807) is 6.07 Å². The molecule has 1 aliphatic rings. The van der Waals surface area contributed by atoms with Gasteiger partial charge in [-0.3, -0.25) is 0 Å². The van der Waals surface area contributed by atoms with Crippen LogP contribution in [0.3, 0.4) is 0 Å². The maximum absolute atomic E-state index is 5.91. The first-order valence-electron chi connectivity index (χ1n) is 10.1. The average molecular weight is 417 g/mol. The maximum atomic E-state index is 5.91. The van der Waals surface area contributed by atoms with Crippen molar-refractivity contribution in [1.82, 2.24) is 15.2 Å². The fourth-order valence-corrected chi connectivity index (χ4v) is 3.75. The Kier molecular flexibility index (Phi) is 6.34. The van der Waals surface area contributed by atoms with Crippen LogP contribution in [0.5, 0.6) is 11.8 Å². The van der Waals surface area contributed by atoms with E-state index in [0.717, 1.165) is 55.4 Å². The lowest BCUT2D eigenvalue weighted by atomic mass is 9.92. The van der Waals surface area contributed by atoms with Crippen LogP contribution in [0.1, 0.15) is 32.6 Å². The Bertz CT molecular complexity index is 923. The second-order valence-electron chi connectivity index (χ2n) is 7.18. The summed E-state index contributed by atoms with van der Waals surface area (Å²) in [6.45, 7) is 5.14. The first kappa shape index (κ1) is 19.8. The van der Waals surface area contributed by atoms with Crippen LogP contribution in [0.25, 0.3) is 11.1 Å². The molecule has 8 heteroatoms. The number of hydrogen-bond donors (Lipinski definition) is 0. The highest BCUT2D eigenvalue weighted by atomic mass is 35.5. The van der Waals surface area contributed by atoms with Gasteiger partial charge in [-0.1, -0.05) is 11.6 Å². The first-order valence-corrected chi connectivity index (χ1v) is 10.5. The van der Waals surface area contributed by atoms with Gasteiger partial charge < -0.3 is 18.8 Å². The highest BCUT2D eigenvalue weighted by Crippen LogP contribution is 2.27. The molecule has 1 aliphatic heterocycles. The number of fused-ring (bicyclic) bond motifs is 1. The van der Waals surface area contributed by atoms with Gasteiger partial charge in [-0.05, 0) is 62.8 Å². The molecule has 0 spiro atoms. The number of ether oxygens (including phenoxy) is 2. The summed E-state index contributed by atoms with van der Waals surface area (Å²) in [6, 6.07) is 9.42. The van der Waals surface area contributed by atoms with Crippen molar-refractivity contribution in [2.24, 2.45) is 5.92 Å². The predicted octanol–water partition coefficient (Wildman–Crippen LogP) is 4.75. The van der Waals surface area contributed by atoms with Crippen molar-refractivity contribution in [3.63, 3.8) is 0 Å². The zero-order valence-corrected chi connectivity index (χ0v) is 17.3. The van der Waals surface area contributed by atoms with Crippen LogP contribution in [0.4, 0.5) is 5.82 Å². The Morgan fingerprint density at radius 1 is 1.14 bits per heavy atom. The summed E-state index contributed by atoms with van der Waals surface area (Å²) >= 11 is 5.81. The van der Waals surface area contributed by atoms with Gasteiger partial charge in [0, 0.05) is 19.2 Å². The molecule has 0 atom stereocenters. The minimum atomic E-state index is 0.301. The zero-order chi connectivity index (χ0) is 20.1. The number of rotatable bonds is 8. The standard InChI is InChI=1S/C21H25ClN4O3/c1-2-27-21-23-17-6-5-16(14-18(17)29-21)28-13-3-4-15-9-11-26(12-10-15)20-8-7-19(22)24-25-20/h5-8,14-15H,2-4,9-13H2,1H3. The topological polar surface area (TPSA) is 73.5 Å². The molecule has 29 heavy (non-hydrogen) atoms. The number of hydrogen-bond acceptors (Lipinski definition) is 7. The van der Waals surface area contributed by atoms with Crippen LogP contribution >= 0.6 is 11.6 Å². The third-order valence-electron chi connectivity index (χ3n) is 5.19. The number of aromatic nitrogens is 3. The normalized spacial score (nSPS) is 15.0. The number of piperidine rings is 1. The van der Waals surface area contributed by atoms with Gasteiger partial charge in [0.25, 0.3) is 0 Å². The summed E-state index contributed by atoms with van der Waals surface area (Å²) in [5, 5.41) is 8.54. The van der Waals surface area contributed by atoms with Crippen molar-refractivity contribution in [3.05, 3.63) is 35.5 Å². The molecule has 7 nitrogen and oxygen atoms in total. The van der Waals surface area contributed by atoms with Gasteiger partial charge in [0.05, 0.1) is 13.2 Å². The quantitative estimate of drug-likeness (QED) is 0.490. The maximum Gasteiger partial charge on any atom is 0.394 e. The summed E-state index contributed by atoms with van der Waals surface area (Å²) in [5.41, 5.74) is 1.46. The van der Waals surface area contributed by atoms with Crippen molar-refractivity contribution in [2.75, 3.05) is 31.2 Å². The minimum absolute atomic E-state index is 0.301. The highest BCUT2D eigenvalue weighted by Gasteiger charge is 2.20. The van der Waals surface area contributed by atoms with Crippen LogP contribution < -0.4 is 14.4 Å². The molecule has 0 radical (unpaired) electrons. The second-order valence-corrected chi connectivity index (χ2v) is 7.56. The van der Waals surface area contributed by atoms with E-state index in [1.807, 2.05) is 31.2 Å². The van der Waals surface area contributed by atoms with E-state index in [9.17, 15) is 0 Å². The lowest BCUT2D eigenvalue weighted by molar-refractivity contribution is 0.251. The predicted molar refractivity (Wildman–Crippen MR) is 112 cm³/mol. The molecule has 0 bridgehead atoms. The summed E-state index contributed by atoms with van der Waals surface area (Å²) in [7, 11) is 0. The molecule has 1 saturated heterocycles. The van der Waals surface area contributed by atoms with E-state index < -0.39 is 0 Å². The average Bonchev–Trinajstić information content (AvgIpc) is 3.14. The molecule has 3 heterocycles. The summed E-state index contributed by atoms with van der Waals surface area (Å²) in [4.78, 5) is 6.55. The molecule has 0 unspecified atom stereocenters. The second kappa shape index (κ2) is 9.31. The Morgan fingerprint density at radius 3 is 2.76 bits per heavy atom. The summed E-state index contributed by atoms with van der Waals surface area (Å²) in [6.07, 6.45) is 4.82. The molecule has 0 saturated carbocycles. The molecule has 0 aliphatic carbocycles. The first-order chi connectivity index (χ1) is 14.2. The largest absolute Gasteiger partial charge is 0.493 e. The number of halogens is 1. The molecule has 154 valence electrons. The third-order valence-corrected chi connectivity index (χ3v) is 5.39. The van der Waals surface area contributed by atoms with Gasteiger partial charge in [-0.25, -0.2) is 0 Å². The van der Waals surface area contributed by atoms with Crippen LogP contribution in [0, 0.1) is 5.92 Å². The lowest BCUT2D eigenvalue weighted by Crippen LogP contribution is -2.34. The smallest absolute Gasteiger partial charge is 0.394 e. The monoisotopic (exact) mass is 416 g/mol. The molecule has 0 amide bonds. The van der Waals surface area contributed by atoms with Crippen LogP contribution in [-0.2, 0) is 0 Å². The molecule has 4 rings (SSSR count). The molecule has 3 aromatic rings. The van der Waals surface area contributed by atoms with Gasteiger partial charge in [-0.2, -0.15) is 4.98 Å². The molecular formula is C21H25ClN4O3. The van der Waals surface area contributed by atoms with Crippen molar-refractivity contribution in [2.45, 2.75) is 32.6 Å². The zero-order valence-electron chi connectivity index (χ0n) is 16.5. The molecule has 2 aromatic heterocycles. The number of anilines is 1. The van der Waals surface area contributed by atoms with E-state index in [-0.39, 0.29) is 0 Å². The van der Waals surface area contributed by atoms with Gasteiger partial charge in [0.1, 0.15) is 11.3 Å². The highest BCUT2D eigenvalue weighted by molar-refractivity contribution is 6.29. The Hall–Kier alpha value is -2.54. The van der Waals surface area contributed by atoms with Crippen molar-refractivity contribution < 1.29 is 13.9 Å². The van der Waals surface area contributed by atoms with Crippen molar-refractivity contribution in [1.29, 1.82) is 0 Å². The van der Waals surface area contributed by atoms with E-state index >= 15 is 0 Å². The lowest BCUT2D eigenvalue weighted by Gasteiger charge is -2.32. The summed E-state index contributed by atoms with van der Waals surface area (Å²) < 4.78 is 16.8. The van der Waals surface area contributed by atoms with Gasteiger partial charge in [-0.15, -0.1) is 10.2 Å². The van der Waals surface area contributed by atoms with Crippen molar-refractivity contribution >= 4 is 28.5 Å².